The Bertz CT molecular complexity index is 1080. The first-order valence-corrected chi connectivity index (χ1v) is 11.3. The summed E-state index contributed by atoms with van der Waals surface area (Å²) in [5.74, 6) is 0.565. The lowest BCUT2D eigenvalue weighted by atomic mass is 9.99. The average molecular weight is 417 g/mol. The molecule has 3 aliphatic rings. The van der Waals surface area contributed by atoms with Crippen LogP contribution in [-0.2, 0) is 49.0 Å². The van der Waals surface area contributed by atoms with Gasteiger partial charge >= 0.3 is 16.2 Å². The van der Waals surface area contributed by atoms with Crippen LogP contribution in [0.3, 0.4) is 0 Å². The van der Waals surface area contributed by atoms with Crippen LogP contribution in [0.2, 0.25) is 0 Å². The number of nitrogens with two attached hydrogens (primary N) is 1. The second-order valence-corrected chi connectivity index (χ2v) is 9.41. The number of aryl methyl sites for hydroxylation is 2. The lowest BCUT2D eigenvalue weighted by Gasteiger charge is -2.26. The highest BCUT2D eigenvalue weighted by molar-refractivity contribution is 7.87. The second kappa shape index (κ2) is 6.70. The fourth-order valence-electron chi connectivity index (χ4n) is 4.63. The molecule has 0 radical (unpaired) electrons. The number of urea groups is 1. The lowest BCUT2D eigenvalue weighted by Crippen LogP contribution is -2.48. The number of nitrogen functional groups attached to an aromatic ring is 1. The van der Waals surface area contributed by atoms with Crippen molar-refractivity contribution in [3.63, 3.8) is 0 Å². The van der Waals surface area contributed by atoms with E-state index in [1.807, 2.05) is 0 Å². The van der Waals surface area contributed by atoms with E-state index in [-0.39, 0.29) is 19.0 Å². The van der Waals surface area contributed by atoms with Crippen molar-refractivity contribution in [2.75, 3.05) is 17.6 Å². The van der Waals surface area contributed by atoms with Crippen LogP contribution in [-0.4, -0.2) is 40.1 Å². The van der Waals surface area contributed by atoms with Gasteiger partial charge < -0.3 is 11.1 Å². The minimum absolute atomic E-state index is 0.0168. The molecule has 0 bridgehead atoms. The van der Waals surface area contributed by atoms with E-state index in [9.17, 15) is 13.2 Å². The second-order valence-electron chi connectivity index (χ2n) is 7.74. The summed E-state index contributed by atoms with van der Waals surface area (Å²) < 4.78 is 30.4. The number of fused-ring (bicyclic) bond motifs is 3. The van der Waals surface area contributed by atoms with Gasteiger partial charge in [-0.25, -0.2) is 14.2 Å². The van der Waals surface area contributed by atoms with E-state index in [0.29, 0.717) is 12.4 Å². The Morgan fingerprint density at radius 2 is 1.76 bits per heavy atom. The minimum Gasteiger partial charge on any atom is -0.366 e. The molecule has 29 heavy (non-hydrogen) atoms. The molecular formula is C18H23N7O3S. The summed E-state index contributed by atoms with van der Waals surface area (Å²) >= 11 is 0. The molecule has 1 aromatic carbocycles. The summed E-state index contributed by atoms with van der Waals surface area (Å²) in [5, 5.41) is 6.87. The molecular weight excluding hydrogens is 394 g/mol. The van der Waals surface area contributed by atoms with Gasteiger partial charge in [-0.05, 0) is 60.8 Å². The number of hydrogen-bond donors (Lipinski definition) is 3. The Hall–Kier alpha value is -2.66. The van der Waals surface area contributed by atoms with Gasteiger partial charge in [0.1, 0.15) is 5.82 Å². The highest BCUT2D eigenvalue weighted by Crippen LogP contribution is 2.38. The number of amides is 2. The van der Waals surface area contributed by atoms with Gasteiger partial charge in [0.2, 0.25) is 5.95 Å². The Labute approximate surface area is 168 Å². The maximum absolute atomic E-state index is 12.7. The van der Waals surface area contributed by atoms with Crippen molar-refractivity contribution >= 4 is 27.9 Å². The topological polar surface area (TPSA) is 135 Å². The monoisotopic (exact) mass is 417 g/mol. The first kappa shape index (κ1) is 18.4. The molecule has 0 unspecified atom stereocenters. The highest BCUT2D eigenvalue weighted by atomic mass is 32.2. The van der Waals surface area contributed by atoms with Crippen molar-refractivity contribution in [1.82, 2.24) is 23.8 Å². The van der Waals surface area contributed by atoms with Gasteiger partial charge in [0.25, 0.3) is 0 Å². The maximum Gasteiger partial charge on any atom is 0.333 e. The van der Waals surface area contributed by atoms with Crippen LogP contribution in [0.1, 0.15) is 40.9 Å². The molecule has 2 aromatic rings. The number of carbonyl (C=O) groups excluding carboxylic acids is 1. The molecule has 4 N–H and O–H groups in total. The molecule has 11 heteroatoms. The van der Waals surface area contributed by atoms with Crippen LogP contribution in [0.25, 0.3) is 0 Å². The summed E-state index contributed by atoms with van der Waals surface area (Å²) in [4.78, 5) is 16.7. The molecule has 0 atom stereocenters. The van der Waals surface area contributed by atoms with Gasteiger partial charge in [0.15, 0.2) is 0 Å². The lowest BCUT2D eigenvalue weighted by molar-refractivity contribution is 0.254. The van der Waals surface area contributed by atoms with Crippen molar-refractivity contribution in [2.24, 2.45) is 0 Å². The van der Waals surface area contributed by atoms with Crippen molar-refractivity contribution in [3.05, 3.63) is 34.1 Å². The fourth-order valence-corrected chi connectivity index (χ4v) is 5.65. The first-order chi connectivity index (χ1) is 13.9. The van der Waals surface area contributed by atoms with E-state index in [1.165, 1.54) is 15.4 Å². The Morgan fingerprint density at radius 1 is 1.07 bits per heavy atom. The molecule has 1 aromatic heterocycles. The van der Waals surface area contributed by atoms with Gasteiger partial charge in [-0.15, -0.1) is 5.10 Å². The van der Waals surface area contributed by atoms with Crippen LogP contribution in [0.15, 0.2) is 6.07 Å². The smallest absolute Gasteiger partial charge is 0.333 e. The largest absolute Gasteiger partial charge is 0.366 e. The van der Waals surface area contributed by atoms with Gasteiger partial charge in [-0.3, -0.25) is 0 Å². The van der Waals surface area contributed by atoms with Crippen molar-refractivity contribution < 1.29 is 13.2 Å². The molecule has 154 valence electrons. The SMILES string of the molecule is Nc1nc2n(n1)CCN(S(=O)(=O)NC(=O)Nc1c3c(cc4c1CCC4)CCC3)C2. The normalized spacial score (nSPS) is 18.2. The predicted molar refractivity (Wildman–Crippen MR) is 106 cm³/mol. The molecule has 1 aliphatic heterocycles. The average Bonchev–Trinajstić information content (AvgIpc) is 3.38. The zero-order valence-corrected chi connectivity index (χ0v) is 16.8. The number of nitrogens with zero attached hydrogens (tertiary/aromatic N) is 4. The molecule has 0 saturated carbocycles. The standard InChI is InChI=1S/C18H23N7O3S/c19-17-20-15-10-24(7-8-25(15)22-17)29(27,28)23-18(26)21-16-13-5-1-3-11(13)9-12-4-2-6-14(12)16/h9H,1-8,10H2,(H2,19,22)(H2,21,23,26). The minimum atomic E-state index is -4.01. The van der Waals surface area contributed by atoms with Crippen LogP contribution in [0.5, 0.6) is 0 Å². The quantitative estimate of drug-likeness (QED) is 0.673. The Balaban J connectivity index is 1.34. The summed E-state index contributed by atoms with van der Waals surface area (Å²) in [6.45, 7) is 0.541. The fraction of sp³-hybridized carbons (Fsp3) is 0.500. The van der Waals surface area contributed by atoms with Gasteiger partial charge in [0, 0.05) is 12.2 Å². The van der Waals surface area contributed by atoms with Crippen LogP contribution < -0.4 is 15.8 Å². The zero-order valence-electron chi connectivity index (χ0n) is 15.9. The Morgan fingerprint density at radius 3 is 2.45 bits per heavy atom. The molecule has 0 fully saturated rings. The van der Waals surface area contributed by atoms with E-state index < -0.39 is 16.2 Å². The van der Waals surface area contributed by atoms with Gasteiger partial charge in [0.05, 0.1) is 13.1 Å². The molecule has 2 aliphatic carbocycles. The van der Waals surface area contributed by atoms with E-state index in [4.69, 9.17) is 5.73 Å². The summed E-state index contributed by atoms with van der Waals surface area (Å²) in [6, 6.07) is 1.53. The van der Waals surface area contributed by atoms with Crippen LogP contribution in [0, 0.1) is 0 Å². The van der Waals surface area contributed by atoms with E-state index in [0.717, 1.165) is 55.3 Å². The number of aromatic nitrogens is 3. The zero-order chi connectivity index (χ0) is 20.2. The third-order valence-corrected chi connectivity index (χ3v) is 7.35. The third kappa shape index (κ3) is 3.23. The van der Waals surface area contributed by atoms with Crippen LogP contribution >= 0.6 is 0 Å². The van der Waals surface area contributed by atoms with Crippen molar-refractivity contribution in [3.8, 4) is 0 Å². The van der Waals surface area contributed by atoms with Crippen LogP contribution in [0.4, 0.5) is 16.4 Å². The van der Waals surface area contributed by atoms with Gasteiger partial charge in [-0.1, -0.05) is 6.07 Å². The molecule has 0 saturated heterocycles. The maximum atomic E-state index is 12.7. The summed E-state index contributed by atoms with van der Waals surface area (Å²) in [6.07, 6.45) is 5.96. The van der Waals surface area contributed by atoms with E-state index in [2.05, 4.69) is 26.2 Å². The molecule has 0 spiro atoms. The van der Waals surface area contributed by atoms with E-state index >= 15 is 0 Å². The Kier molecular flexibility index (Phi) is 4.24. The molecule has 2 amide bonds. The van der Waals surface area contributed by atoms with E-state index in [1.54, 1.807) is 4.68 Å². The number of anilines is 2. The first-order valence-electron chi connectivity index (χ1n) is 9.85. The molecule has 2 heterocycles. The molecule has 5 rings (SSSR count). The number of nitrogens with one attached hydrogen (secondary N) is 2. The number of hydrogen-bond acceptors (Lipinski definition) is 6. The third-order valence-electron chi connectivity index (χ3n) is 5.92. The molecule has 10 nitrogen and oxygen atoms in total. The van der Waals surface area contributed by atoms with Gasteiger partial charge in [-0.2, -0.15) is 17.7 Å². The highest BCUT2D eigenvalue weighted by Gasteiger charge is 2.31. The summed E-state index contributed by atoms with van der Waals surface area (Å²) in [5.41, 5.74) is 11.2. The van der Waals surface area contributed by atoms with Crippen molar-refractivity contribution in [2.45, 2.75) is 51.6 Å². The predicted octanol–water partition coefficient (Wildman–Crippen LogP) is 0.720. The summed E-state index contributed by atoms with van der Waals surface area (Å²) in [7, 11) is -4.01. The van der Waals surface area contributed by atoms with Crippen molar-refractivity contribution in [1.29, 1.82) is 0 Å². The number of benzene rings is 1. The number of rotatable bonds is 3. The number of carbonyl (C=O) groups is 1.